The highest BCUT2D eigenvalue weighted by Crippen LogP contribution is 2.31. The van der Waals surface area contributed by atoms with Gasteiger partial charge in [0, 0.05) is 16.7 Å². The second-order valence-electron chi connectivity index (χ2n) is 5.98. The zero-order valence-electron chi connectivity index (χ0n) is 15.6. The lowest BCUT2D eigenvalue weighted by Crippen LogP contribution is -2.33. The maximum absolute atomic E-state index is 12.5. The van der Waals surface area contributed by atoms with Crippen LogP contribution in [0.25, 0.3) is 17.4 Å². The number of halogens is 4. The monoisotopic (exact) mass is 482 g/mol. The van der Waals surface area contributed by atoms with Crippen LogP contribution in [0.1, 0.15) is 5.76 Å². The molecule has 0 atom stereocenters. The number of carbonyl (C=O) groups excluding carboxylic acids is 1. The Hall–Kier alpha value is -2.94. The molecule has 0 aliphatic rings. The lowest BCUT2D eigenvalue weighted by molar-refractivity contribution is -0.115. The third kappa shape index (κ3) is 6.52. The van der Waals surface area contributed by atoms with Crippen LogP contribution < -0.4 is 15.4 Å². The summed E-state index contributed by atoms with van der Waals surface area (Å²) < 4.78 is 35.0. The SMILES string of the molecule is O=C(/C=C/c1ccc(-c2ccc(Cl)cc2Cl)o1)NC(=S)Nc1ccccc1OC(F)F. The molecule has 0 unspecified atom stereocenters. The average Bonchev–Trinajstić information content (AvgIpc) is 3.16. The van der Waals surface area contributed by atoms with Crippen molar-refractivity contribution in [3.63, 3.8) is 0 Å². The van der Waals surface area contributed by atoms with Crippen LogP contribution in [0.2, 0.25) is 10.0 Å². The van der Waals surface area contributed by atoms with E-state index in [0.717, 1.165) is 0 Å². The minimum atomic E-state index is -2.99. The number of rotatable bonds is 6. The van der Waals surface area contributed by atoms with E-state index in [0.29, 0.717) is 27.1 Å². The number of hydrogen-bond acceptors (Lipinski definition) is 4. The minimum absolute atomic E-state index is 0.0898. The van der Waals surface area contributed by atoms with E-state index >= 15 is 0 Å². The highest BCUT2D eigenvalue weighted by Gasteiger charge is 2.11. The Kier molecular flexibility index (Phi) is 7.62. The molecule has 31 heavy (non-hydrogen) atoms. The second-order valence-corrected chi connectivity index (χ2v) is 7.23. The highest BCUT2D eigenvalue weighted by molar-refractivity contribution is 7.80. The number of furan rings is 1. The topological polar surface area (TPSA) is 63.5 Å². The first-order chi connectivity index (χ1) is 14.8. The molecule has 0 saturated carbocycles. The van der Waals surface area contributed by atoms with Gasteiger partial charge < -0.3 is 14.5 Å². The molecule has 0 saturated heterocycles. The molecule has 0 bridgehead atoms. The molecule has 1 amide bonds. The van der Waals surface area contributed by atoms with Crippen molar-refractivity contribution in [3.8, 4) is 17.1 Å². The van der Waals surface area contributed by atoms with Crippen LogP contribution >= 0.6 is 35.4 Å². The summed E-state index contributed by atoms with van der Waals surface area (Å²) in [6.45, 7) is -2.99. The van der Waals surface area contributed by atoms with Gasteiger partial charge in [0.05, 0.1) is 10.7 Å². The summed E-state index contributed by atoms with van der Waals surface area (Å²) in [5, 5.41) is 5.89. The normalized spacial score (nSPS) is 11.0. The van der Waals surface area contributed by atoms with E-state index in [2.05, 4.69) is 15.4 Å². The van der Waals surface area contributed by atoms with Gasteiger partial charge in [-0.15, -0.1) is 0 Å². The molecule has 3 aromatic rings. The smallest absolute Gasteiger partial charge is 0.387 e. The zero-order chi connectivity index (χ0) is 22.4. The molecular weight excluding hydrogens is 469 g/mol. The van der Waals surface area contributed by atoms with Gasteiger partial charge >= 0.3 is 6.61 Å². The quantitative estimate of drug-likeness (QED) is 0.315. The number of para-hydroxylation sites is 2. The summed E-state index contributed by atoms with van der Waals surface area (Å²) in [6, 6.07) is 14.4. The van der Waals surface area contributed by atoms with Gasteiger partial charge in [-0.25, -0.2) is 0 Å². The Morgan fingerprint density at radius 1 is 1.13 bits per heavy atom. The molecule has 0 spiro atoms. The van der Waals surface area contributed by atoms with Crippen LogP contribution in [0.15, 0.2) is 65.1 Å². The van der Waals surface area contributed by atoms with Crippen molar-refractivity contribution in [2.45, 2.75) is 6.61 Å². The number of hydrogen-bond donors (Lipinski definition) is 2. The molecule has 0 aliphatic carbocycles. The van der Waals surface area contributed by atoms with Crippen molar-refractivity contribution in [1.29, 1.82) is 0 Å². The standard InChI is InChI=1S/C21H14Cl2F2N2O3S/c22-12-5-8-14(15(23)11-12)17-9-6-13(29-17)7-10-19(28)27-21(31)26-16-3-1-2-4-18(16)30-20(24)25/h1-11,20H,(H2,26,27,28,31)/b10-7+. The van der Waals surface area contributed by atoms with Crippen LogP contribution in [0.4, 0.5) is 14.5 Å². The van der Waals surface area contributed by atoms with Gasteiger partial charge in [-0.2, -0.15) is 8.78 Å². The van der Waals surface area contributed by atoms with Crippen molar-refractivity contribution in [1.82, 2.24) is 5.32 Å². The van der Waals surface area contributed by atoms with Gasteiger partial charge in [-0.3, -0.25) is 10.1 Å². The Labute approximate surface area is 191 Å². The van der Waals surface area contributed by atoms with Gasteiger partial charge in [0.25, 0.3) is 0 Å². The Balaban J connectivity index is 1.60. The van der Waals surface area contributed by atoms with Crippen molar-refractivity contribution in [2.24, 2.45) is 0 Å². The summed E-state index contributed by atoms with van der Waals surface area (Å²) in [5.41, 5.74) is 0.845. The van der Waals surface area contributed by atoms with Gasteiger partial charge in [0.1, 0.15) is 17.3 Å². The first-order valence-corrected chi connectivity index (χ1v) is 9.87. The fourth-order valence-electron chi connectivity index (χ4n) is 2.51. The van der Waals surface area contributed by atoms with Crippen molar-refractivity contribution in [2.75, 3.05) is 5.32 Å². The summed E-state index contributed by atoms with van der Waals surface area (Å²) in [5.74, 6) is 0.265. The number of nitrogens with one attached hydrogen (secondary N) is 2. The van der Waals surface area contributed by atoms with Gasteiger partial charge in [0.15, 0.2) is 5.11 Å². The minimum Gasteiger partial charge on any atom is -0.457 e. The van der Waals surface area contributed by atoms with E-state index in [9.17, 15) is 13.6 Å². The Morgan fingerprint density at radius 3 is 2.65 bits per heavy atom. The molecule has 0 radical (unpaired) electrons. The highest BCUT2D eigenvalue weighted by atomic mass is 35.5. The predicted molar refractivity (Wildman–Crippen MR) is 121 cm³/mol. The number of ether oxygens (including phenoxy) is 1. The molecule has 5 nitrogen and oxygen atoms in total. The van der Waals surface area contributed by atoms with E-state index in [1.165, 1.54) is 30.4 Å². The molecular formula is C21H14Cl2F2N2O3S. The van der Waals surface area contributed by atoms with Crippen LogP contribution in [-0.4, -0.2) is 17.6 Å². The van der Waals surface area contributed by atoms with Crippen molar-refractivity contribution >= 4 is 58.2 Å². The van der Waals surface area contributed by atoms with E-state index in [4.69, 9.17) is 39.8 Å². The first-order valence-electron chi connectivity index (χ1n) is 8.71. The molecule has 3 rings (SSSR count). The average molecular weight is 483 g/mol. The number of benzene rings is 2. The third-order valence-corrected chi connectivity index (χ3v) is 4.56. The van der Waals surface area contributed by atoms with Crippen LogP contribution in [-0.2, 0) is 4.79 Å². The van der Waals surface area contributed by atoms with Crippen molar-refractivity contribution in [3.05, 3.63) is 76.5 Å². The van der Waals surface area contributed by atoms with Crippen molar-refractivity contribution < 1.29 is 22.7 Å². The Bertz CT molecular complexity index is 1140. The summed E-state index contributed by atoms with van der Waals surface area (Å²) in [6.07, 6.45) is 2.65. The third-order valence-electron chi connectivity index (χ3n) is 3.81. The van der Waals surface area contributed by atoms with E-state index in [1.54, 1.807) is 36.4 Å². The predicted octanol–water partition coefficient (Wildman–Crippen LogP) is 6.38. The lowest BCUT2D eigenvalue weighted by atomic mass is 10.2. The molecule has 160 valence electrons. The van der Waals surface area contributed by atoms with E-state index in [-0.39, 0.29) is 16.5 Å². The second kappa shape index (κ2) is 10.4. The molecule has 0 fully saturated rings. The summed E-state index contributed by atoms with van der Waals surface area (Å²) in [4.78, 5) is 12.1. The number of amides is 1. The van der Waals surface area contributed by atoms with Crippen LogP contribution in [0.3, 0.4) is 0 Å². The Morgan fingerprint density at radius 2 is 1.90 bits per heavy atom. The summed E-state index contributed by atoms with van der Waals surface area (Å²) >= 11 is 17.1. The fraction of sp³-hybridized carbons (Fsp3) is 0.0476. The molecule has 2 aromatic carbocycles. The number of anilines is 1. The first kappa shape index (κ1) is 22.7. The molecule has 1 heterocycles. The van der Waals surface area contributed by atoms with E-state index in [1.807, 2.05) is 0 Å². The van der Waals surface area contributed by atoms with E-state index < -0.39 is 12.5 Å². The van der Waals surface area contributed by atoms with Gasteiger partial charge in [-0.05, 0) is 60.8 Å². The molecule has 0 aliphatic heterocycles. The maximum atomic E-state index is 12.5. The molecule has 1 aromatic heterocycles. The van der Waals surface area contributed by atoms with Crippen LogP contribution in [0.5, 0.6) is 5.75 Å². The molecule has 2 N–H and O–H groups in total. The zero-order valence-corrected chi connectivity index (χ0v) is 17.9. The van der Waals surface area contributed by atoms with Gasteiger partial charge in [0.2, 0.25) is 5.91 Å². The summed E-state index contributed by atoms with van der Waals surface area (Å²) in [7, 11) is 0. The number of carbonyl (C=O) groups is 1. The van der Waals surface area contributed by atoms with Crippen LogP contribution in [0, 0.1) is 0 Å². The maximum Gasteiger partial charge on any atom is 0.387 e. The van der Waals surface area contributed by atoms with Gasteiger partial charge in [-0.1, -0.05) is 35.3 Å². The lowest BCUT2D eigenvalue weighted by Gasteiger charge is -2.13. The molecule has 10 heteroatoms. The number of thiocarbonyl (C=S) groups is 1. The largest absolute Gasteiger partial charge is 0.457 e. The fourth-order valence-corrected chi connectivity index (χ4v) is 3.22. The number of alkyl halides is 2.